The van der Waals surface area contributed by atoms with Gasteiger partial charge in [-0.15, -0.1) is 0 Å². The zero-order chi connectivity index (χ0) is 16.5. The summed E-state index contributed by atoms with van der Waals surface area (Å²) in [5.41, 5.74) is 2.23. The molecule has 1 amide bonds. The number of benzene rings is 2. The second-order valence-corrected chi connectivity index (χ2v) is 6.12. The molecule has 1 aliphatic carbocycles. The minimum Gasteiger partial charge on any atom is -0.495 e. The molecule has 0 saturated carbocycles. The predicted molar refractivity (Wildman–Crippen MR) is 95.4 cm³/mol. The van der Waals surface area contributed by atoms with Gasteiger partial charge in [0.05, 0.1) is 12.8 Å². The number of carbonyl (C=O) groups excluding carboxylic acids is 1. The number of anilines is 1. The molecule has 4 rings (SSSR count). The molecule has 0 spiro atoms. The number of hydrogen-bond donors (Lipinski definition) is 1. The molecule has 0 aliphatic heterocycles. The third-order valence-corrected chi connectivity index (χ3v) is 4.60. The van der Waals surface area contributed by atoms with E-state index in [0.717, 1.165) is 41.2 Å². The van der Waals surface area contributed by atoms with E-state index in [9.17, 15) is 4.79 Å². The van der Waals surface area contributed by atoms with Gasteiger partial charge in [-0.3, -0.25) is 4.79 Å². The molecular formula is C20H19NO3. The monoisotopic (exact) mass is 321 g/mol. The highest BCUT2D eigenvalue weighted by atomic mass is 16.5. The van der Waals surface area contributed by atoms with Gasteiger partial charge >= 0.3 is 0 Å². The molecule has 0 saturated heterocycles. The Morgan fingerprint density at radius 2 is 2.04 bits per heavy atom. The third kappa shape index (κ3) is 2.54. The van der Waals surface area contributed by atoms with Crippen molar-refractivity contribution < 1.29 is 13.9 Å². The molecule has 1 heterocycles. The van der Waals surface area contributed by atoms with Crippen molar-refractivity contribution in [2.45, 2.75) is 19.3 Å². The molecule has 0 bridgehead atoms. The van der Waals surface area contributed by atoms with Crippen LogP contribution in [0, 0.1) is 5.92 Å². The highest BCUT2D eigenvalue weighted by molar-refractivity contribution is 6.07. The minimum absolute atomic E-state index is 0.0195. The topological polar surface area (TPSA) is 51.5 Å². The van der Waals surface area contributed by atoms with Crippen LogP contribution in [0.4, 0.5) is 5.69 Å². The first kappa shape index (κ1) is 14.8. The second-order valence-electron chi connectivity index (χ2n) is 6.12. The van der Waals surface area contributed by atoms with Gasteiger partial charge in [-0.1, -0.05) is 30.4 Å². The Labute approximate surface area is 140 Å². The summed E-state index contributed by atoms with van der Waals surface area (Å²) >= 11 is 0. The van der Waals surface area contributed by atoms with Crippen molar-refractivity contribution in [2.75, 3.05) is 12.4 Å². The van der Waals surface area contributed by atoms with Crippen LogP contribution in [-0.2, 0) is 4.79 Å². The number of amides is 1. The van der Waals surface area contributed by atoms with E-state index in [2.05, 4.69) is 17.5 Å². The Balaban J connectivity index is 1.72. The van der Waals surface area contributed by atoms with Gasteiger partial charge in [0.2, 0.25) is 5.91 Å². The molecule has 4 heteroatoms. The average molecular weight is 321 g/mol. The zero-order valence-electron chi connectivity index (χ0n) is 13.5. The number of methoxy groups -OCH3 is 1. The van der Waals surface area contributed by atoms with E-state index in [-0.39, 0.29) is 11.8 Å². The molecule has 0 unspecified atom stereocenters. The number of carbonyl (C=O) groups is 1. The summed E-state index contributed by atoms with van der Waals surface area (Å²) in [5, 5.41) is 5.04. The van der Waals surface area contributed by atoms with E-state index in [4.69, 9.17) is 9.15 Å². The summed E-state index contributed by atoms with van der Waals surface area (Å²) in [6, 6.07) is 11.7. The Morgan fingerprint density at radius 1 is 1.17 bits per heavy atom. The van der Waals surface area contributed by atoms with E-state index in [1.165, 1.54) is 0 Å². The summed E-state index contributed by atoms with van der Waals surface area (Å²) in [7, 11) is 1.61. The van der Waals surface area contributed by atoms with Crippen molar-refractivity contribution in [3.63, 3.8) is 0 Å². The molecule has 4 nitrogen and oxygen atoms in total. The van der Waals surface area contributed by atoms with Gasteiger partial charge < -0.3 is 14.5 Å². The van der Waals surface area contributed by atoms with Gasteiger partial charge in [0.1, 0.15) is 16.9 Å². The highest BCUT2D eigenvalue weighted by Crippen LogP contribution is 2.36. The fraction of sp³-hybridized carbons (Fsp3) is 0.250. The average Bonchev–Trinajstić information content (AvgIpc) is 2.99. The van der Waals surface area contributed by atoms with Crippen LogP contribution in [0.3, 0.4) is 0 Å². The summed E-state index contributed by atoms with van der Waals surface area (Å²) in [6.45, 7) is 0. The quantitative estimate of drug-likeness (QED) is 0.699. The summed E-state index contributed by atoms with van der Waals surface area (Å²) in [4.78, 5) is 12.5. The van der Waals surface area contributed by atoms with Crippen LogP contribution in [-0.4, -0.2) is 13.0 Å². The molecule has 0 fully saturated rings. The van der Waals surface area contributed by atoms with Crippen molar-refractivity contribution in [2.24, 2.45) is 5.92 Å². The number of furan rings is 1. The largest absolute Gasteiger partial charge is 0.495 e. The Hall–Kier alpha value is -2.75. The van der Waals surface area contributed by atoms with Crippen molar-refractivity contribution in [3.05, 3.63) is 48.6 Å². The minimum atomic E-state index is 0.0195. The maximum Gasteiger partial charge on any atom is 0.227 e. The fourth-order valence-electron chi connectivity index (χ4n) is 3.28. The molecule has 1 N–H and O–H groups in total. The van der Waals surface area contributed by atoms with Gasteiger partial charge in [0.15, 0.2) is 0 Å². The first-order chi connectivity index (χ1) is 11.8. The lowest BCUT2D eigenvalue weighted by Gasteiger charge is -2.18. The van der Waals surface area contributed by atoms with Crippen LogP contribution < -0.4 is 10.1 Å². The predicted octanol–water partition coefficient (Wildman–Crippen LogP) is 4.89. The van der Waals surface area contributed by atoms with Crippen LogP contribution >= 0.6 is 0 Å². The molecule has 1 atom stereocenters. The Kier molecular flexibility index (Phi) is 3.73. The smallest absolute Gasteiger partial charge is 0.227 e. The zero-order valence-corrected chi connectivity index (χ0v) is 13.5. The summed E-state index contributed by atoms with van der Waals surface area (Å²) in [5.74, 6) is 0.702. The van der Waals surface area contributed by atoms with Gasteiger partial charge in [0, 0.05) is 22.8 Å². The maximum absolute atomic E-state index is 12.5. The maximum atomic E-state index is 12.5. The first-order valence-corrected chi connectivity index (χ1v) is 8.21. The number of para-hydroxylation sites is 1. The molecule has 122 valence electrons. The lowest BCUT2D eigenvalue weighted by atomic mass is 9.93. The number of nitrogens with one attached hydrogen (secondary N) is 1. The molecule has 2 aromatic carbocycles. The third-order valence-electron chi connectivity index (χ3n) is 4.60. The van der Waals surface area contributed by atoms with Gasteiger partial charge in [0.25, 0.3) is 0 Å². The number of allylic oxidation sites excluding steroid dienone is 2. The second kappa shape index (κ2) is 6.04. The lowest BCUT2D eigenvalue weighted by molar-refractivity contribution is -0.120. The van der Waals surface area contributed by atoms with E-state index in [1.54, 1.807) is 7.11 Å². The normalized spacial score (nSPS) is 17.3. The molecule has 24 heavy (non-hydrogen) atoms. The SMILES string of the molecule is COc1cc2c(cc1NC(=O)[C@H]1CC=CCC1)oc1ccccc12. The molecular weight excluding hydrogens is 302 g/mol. The van der Waals surface area contributed by atoms with Crippen molar-refractivity contribution in [3.8, 4) is 5.75 Å². The standard InChI is InChI=1S/C20H19NO3/c1-23-19-11-15-14-9-5-6-10-17(14)24-18(15)12-16(19)21-20(22)13-7-3-2-4-8-13/h2-3,5-6,9-13H,4,7-8H2,1H3,(H,21,22)/t13-/m0/s1. The van der Waals surface area contributed by atoms with Crippen LogP contribution in [0.1, 0.15) is 19.3 Å². The number of rotatable bonds is 3. The van der Waals surface area contributed by atoms with E-state index in [1.807, 2.05) is 36.4 Å². The number of hydrogen-bond acceptors (Lipinski definition) is 3. The van der Waals surface area contributed by atoms with Gasteiger partial charge in [-0.25, -0.2) is 0 Å². The molecule has 1 aliphatic rings. The molecule has 0 radical (unpaired) electrons. The fourth-order valence-corrected chi connectivity index (χ4v) is 3.28. The molecule has 3 aromatic rings. The van der Waals surface area contributed by atoms with E-state index in [0.29, 0.717) is 11.4 Å². The first-order valence-electron chi connectivity index (χ1n) is 8.21. The van der Waals surface area contributed by atoms with Crippen LogP contribution in [0.25, 0.3) is 21.9 Å². The van der Waals surface area contributed by atoms with Crippen LogP contribution in [0.15, 0.2) is 53.0 Å². The van der Waals surface area contributed by atoms with Crippen LogP contribution in [0.5, 0.6) is 5.75 Å². The van der Waals surface area contributed by atoms with Crippen molar-refractivity contribution in [1.29, 1.82) is 0 Å². The molecule has 1 aromatic heterocycles. The lowest BCUT2D eigenvalue weighted by Crippen LogP contribution is -2.23. The Bertz CT molecular complexity index is 939. The van der Waals surface area contributed by atoms with Gasteiger partial charge in [-0.2, -0.15) is 0 Å². The van der Waals surface area contributed by atoms with Crippen LogP contribution in [0.2, 0.25) is 0 Å². The summed E-state index contributed by atoms with van der Waals surface area (Å²) in [6.07, 6.45) is 6.84. The number of ether oxygens (including phenoxy) is 1. The van der Waals surface area contributed by atoms with E-state index >= 15 is 0 Å². The highest BCUT2D eigenvalue weighted by Gasteiger charge is 2.21. The van der Waals surface area contributed by atoms with Crippen molar-refractivity contribution in [1.82, 2.24) is 0 Å². The van der Waals surface area contributed by atoms with Crippen molar-refractivity contribution >= 4 is 33.5 Å². The van der Waals surface area contributed by atoms with Gasteiger partial charge in [-0.05, 0) is 31.4 Å². The number of fused-ring (bicyclic) bond motifs is 3. The van der Waals surface area contributed by atoms with E-state index < -0.39 is 0 Å². The summed E-state index contributed by atoms with van der Waals surface area (Å²) < 4.78 is 11.4. The Morgan fingerprint density at radius 3 is 2.83 bits per heavy atom.